The lowest BCUT2D eigenvalue weighted by molar-refractivity contribution is -0.141. The Labute approximate surface area is 115 Å². The van der Waals surface area contributed by atoms with Crippen LogP contribution in [0, 0.1) is 5.92 Å². The van der Waals surface area contributed by atoms with E-state index in [4.69, 9.17) is 0 Å². The monoisotopic (exact) mass is 287 g/mol. The number of amides is 1. The number of anilines is 1. The van der Waals surface area contributed by atoms with Gasteiger partial charge in [0, 0.05) is 19.1 Å². The Balaban J connectivity index is 1.91. The fourth-order valence-corrected chi connectivity index (χ4v) is 2.00. The molecule has 0 aromatic carbocycles. The molecule has 0 spiro atoms. The highest BCUT2D eigenvalue weighted by Crippen LogP contribution is 2.30. The average Bonchev–Trinajstić information content (AvgIpc) is 2.25. The van der Waals surface area contributed by atoms with E-state index in [2.05, 4.69) is 10.3 Å². The van der Waals surface area contributed by atoms with Crippen molar-refractivity contribution in [3.63, 3.8) is 0 Å². The topological polar surface area (TPSA) is 45.2 Å². The number of carbonyl (C=O) groups is 1. The first-order chi connectivity index (χ1) is 9.27. The molecule has 2 rings (SSSR count). The van der Waals surface area contributed by atoms with Gasteiger partial charge >= 0.3 is 6.18 Å². The van der Waals surface area contributed by atoms with Crippen LogP contribution in [0.1, 0.15) is 19.5 Å². The molecule has 0 saturated carbocycles. The number of rotatable bonds is 3. The fraction of sp³-hybridized carbons (Fsp3) is 0.538. The second-order valence-corrected chi connectivity index (χ2v) is 5.16. The van der Waals surface area contributed by atoms with Crippen LogP contribution >= 0.6 is 0 Å². The molecule has 20 heavy (non-hydrogen) atoms. The van der Waals surface area contributed by atoms with Crippen molar-refractivity contribution in [2.75, 3.05) is 18.0 Å². The number of pyridine rings is 1. The summed E-state index contributed by atoms with van der Waals surface area (Å²) < 4.78 is 37.1. The summed E-state index contributed by atoms with van der Waals surface area (Å²) in [5, 5.41) is 2.82. The van der Waals surface area contributed by atoms with Crippen molar-refractivity contribution < 1.29 is 18.0 Å². The van der Waals surface area contributed by atoms with Gasteiger partial charge in [-0.05, 0) is 26.0 Å². The molecule has 4 nitrogen and oxygen atoms in total. The summed E-state index contributed by atoms with van der Waals surface area (Å²) in [5.41, 5.74) is -0.303. The number of hydrogen-bond acceptors (Lipinski definition) is 3. The lowest BCUT2D eigenvalue weighted by Gasteiger charge is -2.40. The van der Waals surface area contributed by atoms with Gasteiger partial charge < -0.3 is 10.2 Å². The molecular formula is C13H16F3N3O. The minimum absolute atomic E-state index is 0.0175. The molecule has 2 heterocycles. The molecular weight excluding hydrogens is 271 g/mol. The Morgan fingerprint density at radius 1 is 1.40 bits per heavy atom. The van der Waals surface area contributed by atoms with Gasteiger partial charge in [-0.1, -0.05) is 0 Å². The minimum atomic E-state index is -4.42. The number of nitrogens with one attached hydrogen (secondary N) is 1. The molecule has 1 aromatic heterocycles. The quantitative estimate of drug-likeness (QED) is 0.925. The number of aromatic nitrogens is 1. The third-order valence-electron chi connectivity index (χ3n) is 3.09. The molecule has 0 unspecified atom stereocenters. The largest absolute Gasteiger partial charge is 0.433 e. The summed E-state index contributed by atoms with van der Waals surface area (Å²) >= 11 is 0. The number of halogens is 3. The predicted molar refractivity (Wildman–Crippen MR) is 68.2 cm³/mol. The van der Waals surface area contributed by atoms with E-state index in [-0.39, 0.29) is 17.9 Å². The van der Waals surface area contributed by atoms with Crippen LogP contribution in [0.15, 0.2) is 18.3 Å². The van der Waals surface area contributed by atoms with Gasteiger partial charge in [-0.2, -0.15) is 13.2 Å². The smallest absolute Gasteiger partial charge is 0.369 e. The first-order valence-electron chi connectivity index (χ1n) is 6.36. The summed E-state index contributed by atoms with van der Waals surface area (Å²) in [6.07, 6.45) is -3.23. The van der Waals surface area contributed by atoms with Gasteiger partial charge in [-0.3, -0.25) is 4.79 Å². The summed E-state index contributed by atoms with van der Waals surface area (Å²) in [6.45, 7) is 4.78. The number of nitrogens with zero attached hydrogens (tertiary/aromatic N) is 2. The second kappa shape index (κ2) is 5.30. The standard InChI is InChI=1S/C13H16F3N3O/c1-8(2)18-12(20)9-6-19(7-9)10-3-4-11(17-5-10)13(14,15)16/h3-5,8-9H,6-7H2,1-2H3,(H,18,20). The Kier molecular flexibility index (Phi) is 3.87. The maximum absolute atomic E-state index is 12.4. The first-order valence-corrected chi connectivity index (χ1v) is 6.36. The van der Waals surface area contributed by atoms with Crippen molar-refractivity contribution in [1.82, 2.24) is 10.3 Å². The van der Waals surface area contributed by atoms with Gasteiger partial charge in [0.15, 0.2) is 0 Å². The van der Waals surface area contributed by atoms with E-state index in [1.165, 1.54) is 12.3 Å². The van der Waals surface area contributed by atoms with Crippen LogP contribution < -0.4 is 10.2 Å². The highest BCUT2D eigenvalue weighted by Gasteiger charge is 2.35. The van der Waals surface area contributed by atoms with Gasteiger partial charge in [0.1, 0.15) is 5.69 Å². The lowest BCUT2D eigenvalue weighted by Crippen LogP contribution is -2.54. The van der Waals surface area contributed by atoms with Crippen LogP contribution in [0.25, 0.3) is 0 Å². The molecule has 1 saturated heterocycles. The van der Waals surface area contributed by atoms with Crippen LogP contribution in [0.2, 0.25) is 0 Å². The van der Waals surface area contributed by atoms with Crippen molar-refractivity contribution >= 4 is 11.6 Å². The van der Waals surface area contributed by atoms with Gasteiger partial charge in [0.25, 0.3) is 0 Å². The molecule has 0 aliphatic carbocycles. The summed E-state index contributed by atoms with van der Waals surface area (Å²) in [4.78, 5) is 16.9. The lowest BCUT2D eigenvalue weighted by atomic mass is 9.98. The normalized spacial score (nSPS) is 16.2. The van der Waals surface area contributed by atoms with E-state index in [0.717, 1.165) is 6.07 Å². The number of carbonyl (C=O) groups excluding carboxylic acids is 1. The van der Waals surface area contributed by atoms with Crippen molar-refractivity contribution in [2.24, 2.45) is 5.92 Å². The molecule has 1 fully saturated rings. The maximum Gasteiger partial charge on any atom is 0.433 e. The van der Waals surface area contributed by atoms with Gasteiger partial charge in [-0.15, -0.1) is 0 Å². The maximum atomic E-state index is 12.4. The third-order valence-corrected chi connectivity index (χ3v) is 3.09. The zero-order valence-electron chi connectivity index (χ0n) is 11.2. The fourth-order valence-electron chi connectivity index (χ4n) is 2.00. The summed E-state index contributed by atoms with van der Waals surface area (Å²) in [6, 6.07) is 2.42. The SMILES string of the molecule is CC(C)NC(=O)C1CN(c2ccc(C(F)(F)F)nc2)C1. The van der Waals surface area contributed by atoms with Crippen molar-refractivity contribution in [3.05, 3.63) is 24.0 Å². The molecule has 1 aromatic rings. The zero-order valence-corrected chi connectivity index (χ0v) is 11.2. The first kappa shape index (κ1) is 14.6. The highest BCUT2D eigenvalue weighted by atomic mass is 19.4. The Hall–Kier alpha value is -1.79. The van der Waals surface area contributed by atoms with Gasteiger partial charge in [0.05, 0.1) is 17.8 Å². The van der Waals surface area contributed by atoms with Crippen LogP contribution in [0.3, 0.4) is 0 Å². The Bertz CT molecular complexity index is 479. The van der Waals surface area contributed by atoms with Gasteiger partial charge in [0.2, 0.25) is 5.91 Å². The van der Waals surface area contributed by atoms with Crippen molar-refractivity contribution in [2.45, 2.75) is 26.1 Å². The third kappa shape index (κ3) is 3.20. The molecule has 1 aliphatic heterocycles. The highest BCUT2D eigenvalue weighted by molar-refractivity contribution is 5.82. The minimum Gasteiger partial charge on any atom is -0.369 e. The Morgan fingerprint density at radius 3 is 2.50 bits per heavy atom. The van der Waals surface area contributed by atoms with E-state index < -0.39 is 11.9 Å². The molecule has 0 bridgehead atoms. The second-order valence-electron chi connectivity index (χ2n) is 5.16. The predicted octanol–water partition coefficient (Wildman–Crippen LogP) is 2.06. The number of hydrogen-bond donors (Lipinski definition) is 1. The molecule has 1 aliphatic rings. The van der Waals surface area contributed by atoms with Gasteiger partial charge in [-0.25, -0.2) is 4.98 Å². The van der Waals surface area contributed by atoms with E-state index in [9.17, 15) is 18.0 Å². The summed E-state index contributed by atoms with van der Waals surface area (Å²) in [7, 11) is 0. The van der Waals surface area contributed by atoms with E-state index in [1.807, 2.05) is 18.7 Å². The molecule has 7 heteroatoms. The van der Waals surface area contributed by atoms with Crippen molar-refractivity contribution in [3.8, 4) is 0 Å². The molecule has 1 N–H and O–H groups in total. The average molecular weight is 287 g/mol. The van der Waals surface area contributed by atoms with E-state index in [0.29, 0.717) is 18.8 Å². The molecule has 0 atom stereocenters. The molecule has 0 radical (unpaired) electrons. The van der Waals surface area contributed by atoms with Crippen LogP contribution in [-0.2, 0) is 11.0 Å². The van der Waals surface area contributed by atoms with Crippen LogP contribution in [0.5, 0.6) is 0 Å². The zero-order chi connectivity index (χ0) is 14.9. The van der Waals surface area contributed by atoms with Crippen LogP contribution in [-0.4, -0.2) is 30.0 Å². The Morgan fingerprint density at radius 2 is 2.05 bits per heavy atom. The van der Waals surface area contributed by atoms with E-state index in [1.54, 1.807) is 0 Å². The molecule has 110 valence electrons. The number of alkyl halides is 3. The summed E-state index contributed by atoms with van der Waals surface area (Å²) in [5.74, 6) is -0.129. The van der Waals surface area contributed by atoms with E-state index >= 15 is 0 Å². The molecule has 1 amide bonds. The van der Waals surface area contributed by atoms with Crippen molar-refractivity contribution in [1.29, 1.82) is 0 Å². The van der Waals surface area contributed by atoms with Crippen LogP contribution in [0.4, 0.5) is 18.9 Å².